The van der Waals surface area contributed by atoms with E-state index in [1.165, 1.54) is 11.8 Å². The average Bonchev–Trinajstić information content (AvgIpc) is 3.24. The molecule has 0 atom stereocenters. The minimum Gasteiger partial charge on any atom is -0.486 e. The lowest BCUT2D eigenvalue weighted by molar-refractivity contribution is -0.113. The van der Waals surface area contributed by atoms with Crippen molar-refractivity contribution in [3.63, 3.8) is 0 Å². The summed E-state index contributed by atoms with van der Waals surface area (Å²) in [5.41, 5.74) is 3.95. The third-order valence-corrected chi connectivity index (χ3v) is 6.60. The van der Waals surface area contributed by atoms with Crippen molar-refractivity contribution in [2.45, 2.75) is 25.6 Å². The van der Waals surface area contributed by atoms with E-state index in [1.807, 2.05) is 91.2 Å². The molecule has 0 radical (unpaired) electrons. The monoisotopic (exact) mass is 522 g/mol. The first-order chi connectivity index (χ1) is 16.0. The van der Waals surface area contributed by atoms with Crippen LogP contribution >= 0.6 is 27.7 Å². The number of carbonyl (C=O) groups is 1. The van der Waals surface area contributed by atoms with Gasteiger partial charge in [-0.2, -0.15) is 0 Å². The van der Waals surface area contributed by atoms with Crippen LogP contribution in [0, 0.1) is 13.8 Å². The van der Waals surface area contributed by atoms with E-state index < -0.39 is 0 Å². The predicted molar refractivity (Wildman–Crippen MR) is 135 cm³/mol. The number of benzene rings is 3. The number of halogens is 1. The van der Waals surface area contributed by atoms with E-state index in [9.17, 15) is 4.79 Å². The number of nitrogens with zero attached hydrogens (tertiary/aromatic N) is 3. The highest BCUT2D eigenvalue weighted by atomic mass is 79.9. The second kappa shape index (κ2) is 10.7. The normalized spacial score (nSPS) is 10.8. The zero-order valence-corrected chi connectivity index (χ0v) is 20.7. The molecule has 168 valence electrons. The fourth-order valence-electron chi connectivity index (χ4n) is 3.18. The number of amides is 1. The van der Waals surface area contributed by atoms with Gasteiger partial charge in [-0.05, 0) is 77.3 Å². The Hall–Kier alpha value is -3.10. The molecule has 8 heteroatoms. The number of hydrogen-bond acceptors (Lipinski definition) is 5. The largest absolute Gasteiger partial charge is 0.486 e. The number of para-hydroxylation sites is 2. The minimum absolute atomic E-state index is 0.117. The Bertz CT molecular complexity index is 1250. The minimum atomic E-state index is -0.117. The van der Waals surface area contributed by atoms with E-state index in [2.05, 4.69) is 31.4 Å². The zero-order chi connectivity index (χ0) is 23.2. The molecule has 0 unspecified atom stereocenters. The average molecular weight is 523 g/mol. The van der Waals surface area contributed by atoms with E-state index in [1.54, 1.807) is 0 Å². The molecule has 1 N–H and O–H groups in total. The van der Waals surface area contributed by atoms with E-state index in [-0.39, 0.29) is 18.3 Å². The molecule has 0 aliphatic rings. The Morgan fingerprint density at radius 3 is 2.39 bits per heavy atom. The molecule has 33 heavy (non-hydrogen) atoms. The molecule has 0 aliphatic carbocycles. The molecule has 3 aromatic carbocycles. The number of ether oxygens (including phenoxy) is 1. The van der Waals surface area contributed by atoms with E-state index in [4.69, 9.17) is 4.74 Å². The van der Waals surface area contributed by atoms with Crippen molar-refractivity contribution in [3.8, 4) is 11.4 Å². The quantitative estimate of drug-likeness (QED) is 0.289. The van der Waals surface area contributed by atoms with Crippen molar-refractivity contribution in [1.82, 2.24) is 14.8 Å². The highest BCUT2D eigenvalue weighted by molar-refractivity contribution is 9.10. The first kappa shape index (κ1) is 23.1. The van der Waals surface area contributed by atoms with Gasteiger partial charge in [0.15, 0.2) is 11.0 Å². The van der Waals surface area contributed by atoms with Gasteiger partial charge in [-0.15, -0.1) is 10.2 Å². The second-order valence-electron chi connectivity index (χ2n) is 7.42. The van der Waals surface area contributed by atoms with Crippen LogP contribution in [-0.2, 0) is 11.4 Å². The zero-order valence-electron chi connectivity index (χ0n) is 18.3. The van der Waals surface area contributed by atoms with Gasteiger partial charge in [-0.25, -0.2) is 0 Å². The Labute approximate surface area is 205 Å². The van der Waals surface area contributed by atoms with E-state index >= 15 is 0 Å². The van der Waals surface area contributed by atoms with Gasteiger partial charge in [0, 0.05) is 10.2 Å². The maximum atomic E-state index is 12.7. The van der Waals surface area contributed by atoms with Gasteiger partial charge in [0.2, 0.25) is 5.91 Å². The molecule has 0 saturated heterocycles. The van der Waals surface area contributed by atoms with Gasteiger partial charge >= 0.3 is 0 Å². The summed E-state index contributed by atoms with van der Waals surface area (Å²) in [7, 11) is 0. The smallest absolute Gasteiger partial charge is 0.234 e. The standard InChI is InChI=1S/C25H23BrN4O2S/c1-17-13-21(26)22(14-18(17)2)27-24(31)16-33-25-29-28-23(15-32-20-11-7-4-8-12-20)30(25)19-9-5-3-6-10-19/h3-14H,15-16H2,1-2H3,(H,27,31). The number of hydrogen-bond donors (Lipinski definition) is 1. The topological polar surface area (TPSA) is 69.0 Å². The van der Waals surface area contributed by atoms with Gasteiger partial charge in [0.25, 0.3) is 0 Å². The van der Waals surface area contributed by atoms with Crippen LogP contribution < -0.4 is 10.1 Å². The van der Waals surface area contributed by atoms with Gasteiger partial charge in [-0.3, -0.25) is 9.36 Å². The Kier molecular flexibility index (Phi) is 7.47. The third-order valence-electron chi connectivity index (χ3n) is 5.02. The molecule has 1 heterocycles. The fraction of sp³-hybridized carbons (Fsp3) is 0.160. The highest BCUT2D eigenvalue weighted by Crippen LogP contribution is 2.27. The van der Waals surface area contributed by atoms with Crippen molar-refractivity contribution >= 4 is 39.3 Å². The summed E-state index contributed by atoms with van der Waals surface area (Å²) >= 11 is 4.86. The lowest BCUT2D eigenvalue weighted by Gasteiger charge is -2.12. The maximum Gasteiger partial charge on any atom is 0.234 e. The molecule has 0 spiro atoms. The summed E-state index contributed by atoms with van der Waals surface area (Å²) < 4.78 is 8.67. The summed E-state index contributed by atoms with van der Waals surface area (Å²) in [6.45, 7) is 4.32. The molecule has 4 aromatic rings. The summed E-state index contributed by atoms with van der Waals surface area (Å²) in [6, 6.07) is 23.4. The van der Waals surface area contributed by atoms with Crippen molar-refractivity contribution in [1.29, 1.82) is 0 Å². The first-order valence-electron chi connectivity index (χ1n) is 10.4. The van der Waals surface area contributed by atoms with Crippen molar-refractivity contribution in [2.24, 2.45) is 0 Å². The van der Waals surface area contributed by atoms with Crippen LogP contribution in [0.2, 0.25) is 0 Å². The van der Waals surface area contributed by atoms with E-state index in [0.717, 1.165) is 32.7 Å². The number of anilines is 1. The van der Waals surface area contributed by atoms with Gasteiger partial charge < -0.3 is 10.1 Å². The van der Waals surface area contributed by atoms with Crippen LogP contribution in [-0.4, -0.2) is 26.4 Å². The van der Waals surface area contributed by atoms with Crippen molar-refractivity contribution in [3.05, 3.63) is 94.2 Å². The van der Waals surface area contributed by atoms with Crippen LogP contribution in [0.3, 0.4) is 0 Å². The van der Waals surface area contributed by atoms with Gasteiger partial charge in [0.05, 0.1) is 11.4 Å². The molecule has 6 nitrogen and oxygen atoms in total. The molecular formula is C25H23BrN4O2S. The van der Waals surface area contributed by atoms with Crippen molar-refractivity contribution in [2.75, 3.05) is 11.1 Å². The number of nitrogens with one attached hydrogen (secondary N) is 1. The Balaban J connectivity index is 1.49. The predicted octanol–water partition coefficient (Wildman–Crippen LogP) is 5.96. The fourth-order valence-corrected chi connectivity index (χ4v) is 4.51. The Morgan fingerprint density at radius 2 is 1.67 bits per heavy atom. The van der Waals surface area contributed by atoms with Crippen LogP contribution in [0.1, 0.15) is 17.0 Å². The number of aromatic nitrogens is 3. The SMILES string of the molecule is Cc1cc(Br)c(NC(=O)CSc2nnc(COc3ccccc3)n2-c2ccccc2)cc1C. The molecule has 1 aromatic heterocycles. The summed E-state index contributed by atoms with van der Waals surface area (Å²) in [6.07, 6.45) is 0. The molecule has 0 saturated carbocycles. The van der Waals surface area contributed by atoms with Crippen molar-refractivity contribution < 1.29 is 9.53 Å². The van der Waals surface area contributed by atoms with Crippen LogP contribution in [0.4, 0.5) is 5.69 Å². The molecular weight excluding hydrogens is 500 g/mol. The summed E-state index contributed by atoms with van der Waals surface area (Å²) in [5, 5.41) is 12.3. The number of thioether (sulfide) groups is 1. The summed E-state index contributed by atoms with van der Waals surface area (Å²) in [4.78, 5) is 12.7. The first-order valence-corrected chi connectivity index (χ1v) is 12.2. The number of carbonyl (C=O) groups excluding carboxylic acids is 1. The van der Waals surface area contributed by atoms with Crippen LogP contribution in [0.15, 0.2) is 82.4 Å². The lowest BCUT2D eigenvalue weighted by Crippen LogP contribution is -2.15. The lowest BCUT2D eigenvalue weighted by atomic mass is 10.1. The number of aryl methyl sites for hydroxylation is 2. The molecule has 0 fully saturated rings. The highest BCUT2D eigenvalue weighted by Gasteiger charge is 2.17. The van der Waals surface area contributed by atoms with Gasteiger partial charge in [0.1, 0.15) is 12.4 Å². The number of rotatable bonds is 8. The summed E-state index contributed by atoms with van der Waals surface area (Å²) in [5.74, 6) is 1.50. The van der Waals surface area contributed by atoms with Gasteiger partial charge in [-0.1, -0.05) is 48.2 Å². The molecule has 4 rings (SSSR count). The molecule has 1 amide bonds. The molecule has 0 aliphatic heterocycles. The molecule has 0 bridgehead atoms. The third kappa shape index (κ3) is 5.83. The van der Waals surface area contributed by atoms with E-state index in [0.29, 0.717) is 11.0 Å². The maximum absolute atomic E-state index is 12.7. The second-order valence-corrected chi connectivity index (χ2v) is 9.22. The Morgan fingerprint density at radius 1 is 1.00 bits per heavy atom. The van der Waals surface area contributed by atoms with Crippen LogP contribution in [0.25, 0.3) is 5.69 Å². The van der Waals surface area contributed by atoms with Crippen LogP contribution in [0.5, 0.6) is 5.75 Å².